The van der Waals surface area contributed by atoms with Gasteiger partial charge in [-0.3, -0.25) is 0 Å². The van der Waals surface area contributed by atoms with E-state index in [9.17, 15) is 4.79 Å². The molecule has 0 aliphatic carbocycles. The third-order valence-electron chi connectivity index (χ3n) is 2.69. The number of carboxylic acids is 1. The van der Waals surface area contributed by atoms with Crippen LogP contribution >= 0.6 is 0 Å². The fourth-order valence-electron chi connectivity index (χ4n) is 1.64. The van der Waals surface area contributed by atoms with Crippen molar-refractivity contribution in [2.45, 2.75) is 32.4 Å². The van der Waals surface area contributed by atoms with E-state index in [-0.39, 0.29) is 6.04 Å². The van der Waals surface area contributed by atoms with Gasteiger partial charge in [0.1, 0.15) is 0 Å². The fourth-order valence-corrected chi connectivity index (χ4v) is 1.64. The van der Waals surface area contributed by atoms with Crippen LogP contribution in [-0.2, 0) is 6.54 Å². The second kappa shape index (κ2) is 6.72. The Morgan fingerprint density at radius 2 is 2.24 bits per heavy atom. The Kier molecular flexibility index (Phi) is 5.25. The van der Waals surface area contributed by atoms with Gasteiger partial charge in [-0.2, -0.15) is 0 Å². The Balaban J connectivity index is 2.69. The first-order valence-electron chi connectivity index (χ1n) is 5.67. The quantitative estimate of drug-likeness (QED) is 0.738. The van der Waals surface area contributed by atoms with Gasteiger partial charge in [-0.05, 0) is 18.1 Å². The SMILES string of the molecule is C#CCC(CC)NCc1ccccc1C(=O)O. The predicted octanol–water partition coefficient (Wildman–Crippen LogP) is 2.28. The lowest BCUT2D eigenvalue weighted by atomic mass is 10.1. The van der Waals surface area contributed by atoms with E-state index in [1.165, 1.54) is 0 Å². The molecular weight excluding hydrogens is 214 g/mol. The summed E-state index contributed by atoms with van der Waals surface area (Å²) in [5, 5.41) is 12.3. The van der Waals surface area contributed by atoms with Crippen molar-refractivity contribution >= 4 is 5.97 Å². The average molecular weight is 231 g/mol. The van der Waals surface area contributed by atoms with Crippen molar-refractivity contribution in [3.05, 3.63) is 35.4 Å². The number of rotatable bonds is 6. The van der Waals surface area contributed by atoms with E-state index in [1.807, 2.05) is 12.1 Å². The maximum Gasteiger partial charge on any atom is 0.336 e. The molecule has 0 saturated heterocycles. The molecule has 0 heterocycles. The van der Waals surface area contributed by atoms with Gasteiger partial charge in [0.15, 0.2) is 0 Å². The summed E-state index contributed by atoms with van der Waals surface area (Å²) in [5.74, 6) is 1.72. The molecule has 0 spiro atoms. The molecule has 0 aromatic heterocycles. The molecule has 3 nitrogen and oxygen atoms in total. The predicted molar refractivity (Wildman–Crippen MR) is 67.8 cm³/mol. The van der Waals surface area contributed by atoms with Crippen LogP contribution in [-0.4, -0.2) is 17.1 Å². The highest BCUT2D eigenvalue weighted by Crippen LogP contribution is 2.09. The lowest BCUT2D eigenvalue weighted by molar-refractivity contribution is 0.0695. The van der Waals surface area contributed by atoms with Gasteiger partial charge in [0, 0.05) is 19.0 Å². The zero-order valence-corrected chi connectivity index (χ0v) is 9.94. The topological polar surface area (TPSA) is 49.3 Å². The number of hydrogen-bond acceptors (Lipinski definition) is 2. The van der Waals surface area contributed by atoms with Gasteiger partial charge in [-0.15, -0.1) is 12.3 Å². The van der Waals surface area contributed by atoms with Gasteiger partial charge in [-0.1, -0.05) is 25.1 Å². The number of nitrogens with one attached hydrogen (secondary N) is 1. The molecule has 0 bridgehead atoms. The van der Waals surface area contributed by atoms with Gasteiger partial charge >= 0.3 is 5.97 Å². The molecule has 0 fully saturated rings. The minimum atomic E-state index is -0.896. The van der Waals surface area contributed by atoms with Gasteiger partial charge in [0.2, 0.25) is 0 Å². The Labute approximate surface area is 102 Å². The number of carbonyl (C=O) groups is 1. The first-order valence-corrected chi connectivity index (χ1v) is 5.67. The van der Waals surface area contributed by atoms with Crippen LogP contribution in [0.1, 0.15) is 35.7 Å². The van der Waals surface area contributed by atoms with Crippen molar-refractivity contribution in [2.24, 2.45) is 0 Å². The third kappa shape index (κ3) is 3.93. The van der Waals surface area contributed by atoms with Gasteiger partial charge in [-0.25, -0.2) is 4.79 Å². The van der Waals surface area contributed by atoms with Crippen molar-refractivity contribution < 1.29 is 9.90 Å². The molecule has 1 aromatic rings. The van der Waals surface area contributed by atoms with Crippen LogP contribution in [0.25, 0.3) is 0 Å². The molecule has 0 saturated carbocycles. The smallest absolute Gasteiger partial charge is 0.336 e. The standard InChI is InChI=1S/C14H17NO2/c1-3-7-12(4-2)15-10-11-8-5-6-9-13(11)14(16)17/h1,5-6,8-9,12,15H,4,7,10H2,2H3,(H,16,17). The molecule has 17 heavy (non-hydrogen) atoms. The lowest BCUT2D eigenvalue weighted by Gasteiger charge is -2.15. The summed E-state index contributed by atoms with van der Waals surface area (Å²) in [4.78, 5) is 11.0. The van der Waals surface area contributed by atoms with E-state index in [0.29, 0.717) is 18.5 Å². The second-order valence-electron chi connectivity index (χ2n) is 3.86. The molecule has 1 aromatic carbocycles. The van der Waals surface area contributed by atoms with Crippen LogP contribution in [0.4, 0.5) is 0 Å². The Bertz CT molecular complexity index is 420. The molecule has 0 aliphatic rings. The highest BCUT2D eigenvalue weighted by atomic mass is 16.4. The van der Waals surface area contributed by atoms with Crippen LogP contribution < -0.4 is 5.32 Å². The number of terminal acetylenes is 1. The Morgan fingerprint density at radius 3 is 2.82 bits per heavy atom. The van der Waals surface area contributed by atoms with Crippen LogP contribution in [0.5, 0.6) is 0 Å². The molecule has 3 heteroatoms. The third-order valence-corrected chi connectivity index (χ3v) is 2.69. The molecule has 0 aliphatic heterocycles. The maximum absolute atomic E-state index is 11.0. The average Bonchev–Trinajstić information content (AvgIpc) is 2.34. The zero-order valence-electron chi connectivity index (χ0n) is 9.94. The normalized spacial score (nSPS) is 11.8. The number of hydrogen-bond donors (Lipinski definition) is 2. The molecular formula is C14H17NO2. The van der Waals surface area contributed by atoms with Crippen molar-refractivity contribution in [2.75, 3.05) is 0 Å². The zero-order chi connectivity index (χ0) is 12.7. The summed E-state index contributed by atoms with van der Waals surface area (Å²) in [6, 6.07) is 7.24. The molecule has 2 N–H and O–H groups in total. The summed E-state index contributed by atoms with van der Waals surface area (Å²) in [5.41, 5.74) is 1.13. The monoisotopic (exact) mass is 231 g/mol. The molecule has 1 atom stereocenters. The molecule has 1 rings (SSSR count). The molecule has 0 radical (unpaired) electrons. The Hall–Kier alpha value is -1.79. The lowest BCUT2D eigenvalue weighted by Crippen LogP contribution is -2.28. The van der Waals surface area contributed by atoms with E-state index in [2.05, 4.69) is 18.2 Å². The minimum absolute atomic E-state index is 0.238. The van der Waals surface area contributed by atoms with Crippen molar-refractivity contribution in [3.8, 4) is 12.3 Å². The van der Waals surface area contributed by atoms with E-state index >= 15 is 0 Å². The van der Waals surface area contributed by atoms with Crippen molar-refractivity contribution in [1.82, 2.24) is 5.32 Å². The second-order valence-corrected chi connectivity index (χ2v) is 3.86. The van der Waals surface area contributed by atoms with E-state index in [0.717, 1.165) is 12.0 Å². The van der Waals surface area contributed by atoms with Crippen molar-refractivity contribution in [3.63, 3.8) is 0 Å². The summed E-state index contributed by atoms with van der Waals surface area (Å²) in [7, 11) is 0. The fraction of sp³-hybridized carbons (Fsp3) is 0.357. The number of aromatic carboxylic acids is 1. The summed E-state index contributed by atoms with van der Waals surface area (Å²) < 4.78 is 0. The highest BCUT2D eigenvalue weighted by Gasteiger charge is 2.10. The molecule has 0 amide bonds. The van der Waals surface area contributed by atoms with Crippen molar-refractivity contribution in [1.29, 1.82) is 0 Å². The largest absolute Gasteiger partial charge is 0.478 e. The van der Waals surface area contributed by atoms with Gasteiger partial charge in [0.25, 0.3) is 0 Å². The maximum atomic E-state index is 11.0. The summed E-state index contributed by atoms with van der Waals surface area (Å²) >= 11 is 0. The highest BCUT2D eigenvalue weighted by molar-refractivity contribution is 5.89. The van der Waals surface area contributed by atoms with E-state index in [4.69, 9.17) is 11.5 Å². The van der Waals surface area contributed by atoms with E-state index in [1.54, 1.807) is 12.1 Å². The minimum Gasteiger partial charge on any atom is -0.478 e. The van der Waals surface area contributed by atoms with Crippen LogP contribution in [0.15, 0.2) is 24.3 Å². The van der Waals surface area contributed by atoms with Gasteiger partial charge < -0.3 is 10.4 Å². The molecule has 90 valence electrons. The number of benzene rings is 1. The first-order chi connectivity index (χ1) is 8.19. The van der Waals surface area contributed by atoms with E-state index < -0.39 is 5.97 Å². The Morgan fingerprint density at radius 1 is 1.53 bits per heavy atom. The van der Waals surface area contributed by atoms with Gasteiger partial charge in [0.05, 0.1) is 5.56 Å². The molecule has 1 unspecified atom stereocenters. The summed E-state index contributed by atoms with van der Waals surface area (Å²) in [6.45, 7) is 2.58. The first kappa shape index (κ1) is 13.3. The number of carboxylic acid groups (broad SMARTS) is 1. The van der Waals surface area contributed by atoms with Crippen LogP contribution in [0.3, 0.4) is 0 Å². The van der Waals surface area contributed by atoms with Crippen LogP contribution in [0, 0.1) is 12.3 Å². The summed E-state index contributed by atoms with van der Waals surface area (Å²) in [6.07, 6.45) is 6.86. The van der Waals surface area contributed by atoms with Crippen LogP contribution in [0.2, 0.25) is 0 Å².